The Morgan fingerprint density at radius 1 is 1.33 bits per heavy atom. The van der Waals surface area contributed by atoms with Gasteiger partial charge in [-0.05, 0) is 18.4 Å². The van der Waals surface area contributed by atoms with Crippen molar-refractivity contribution in [3.8, 4) is 0 Å². The lowest BCUT2D eigenvalue weighted by atomic mass is 10.2. The van der Waals surface area contributed by atoms with Gasteiger partial charge in [0.2, 0.25) is 0 Å². The number of hydrazine groups is 1. The van der Waals surface area contributed by atoms with Crippen LogP contribution in [-0.4, -0.2) is 21.6 Å². The van der Waals surface area contributed by atoms with E-state index in [4.69, 9.17) is 0 Å². The summed E-state index contributed by atoms with van der Waals surface area (Å²) in [4.78, 5) is 23.9. The number of aromatic nitrogens is 2. The Kier molecular flexibility index (Phi) is 3.42. The molecule has 0 spiro atoms. The molecule has 2 rings (SSSR count). The summed E-state index contributed by atoms with van der Waals surface area (Å²) in [6.45, 7) is 1.78. The maximum atomic E-state index is 11.8. The smallest absolute Gasteiger partial charge is 0.272 e. The second kappa shape index (κ2) is 5.01. The first-order valence-electron chi connectivity index (χ1n) is 5.22. The number of hydrogen-bond donors (Lipinski definition) is 2. The predicted octanol–water partition coefficient (Wildman–Crippen LogP) is 0.865. The molecule has 0 saturated carbocycles. The largest absolute Gasteiger partial charge is 0.279 e. The molecule has 2 aromatic rings. The monoisotopic (exact) mass is 264 g/mol. The highest BCUT2D eigenvalue weighted by Crippen LogP contribution is 2.07. The number of thiophene rings is 1. The summed E-state index contributed by atoms with van der Waals surface area (Å²) < 4.78 is 1.59. The zero-order valence-electron chi connectivity index (χ0n) is 9.93. The van der Waals surface area contributed by atoms with Crippen molar-refractivity contribution in [2.45, 2.75) is 6.92 Å². The molecule has 2 aromatic heterocycles. The van der Waals surface area contributed by atoms with E-state index in [2.05, 4.69) is 16.0 Å². The Labute approximate surface area is 108 Å². The van der Waals surface area contributed by atoms with Gasteiger partial charge in [0, 0.05) is 12.7 Å². The van der Waals surface area contributed by atoms with E-state index < -0.39 is 0 Å². The number of aryl methyl sites for hydroxylation is 1. The van der Waals surface area contributed by atoms with Crippen LogP contribution in [0.4, 0.5) is 0 Å². The summed E-state index contributed by atoms with van der Waals surface area (Å²) >= 11 is 1.31. The molecule has 0 radical (unpaired) electrons. The molecule has 0 aromatic carbocycles. The SMILES string of the molecule is Cc1c(C(=O)NNC(=O)c2cccs2)cnn1C. The lowest BCUT2D eigenvalue weighted by Gasteiger charge is -2.05. The van der Waals surface area contributed by atoms with Crippen LogP contribution < -0.4 is 10.9 Å². The highest BCUT2D eigenvalue weighted by atomic mass is 32.1. The molecule has 0 aliphatic carbocycles. The average Bonchev–Trinajstić information content (AvgIpc) is 2.98. The van der Waals surface area contributed by atoms with Gasteiger partial charge in [-0.2, -0.15) is 5.10 Å². The maximum Gasteiger partial charge on any atom is 0.279 e. The molecule has 0 atom stereocenters. The molecule has 0 aliphatic rings. The number of carbonyl (C=O) groups excluding carboxylic acids is 2. The Morgan fingerprint density at radius 3 is 2.61 bits per heavy atom. The van der Waals surface area contributed by atoms with E-state index in [-0.39, 0.29) is 11.8 Å². The van der Waals surface area contributed by atoms with E-state index in [9.17, 15) is 9.59 Å². The first-order chi connectivity index (χ1) is 8.59. The number of hydrogen-bond acceptors (Lipinski definition) is 4. The van der Waals surface area contributed by atoms with Crippen LogP contribution in [0.3, 0.4) is 0 Å². The molecular formula is C11H12N4O2S. The van der Waals surface area contributed by atoms with E-state index in [0.29, 0.717) is 10.4 Å². The van der Waals surface area contributed by atoms with Gasteiger partial charge in [0.15, 0.2) is 0 Å². The highest BCUT2D eigenvalue weighted by Gasteiger charge is 2.14. The van der Waals surface area contributed by atoms with Crippen LogP contribution in [0.25, 0.3) is 0 Å². The van der Waals surface area contributed by atoms with Gasteiger partial charge >= 0.3 is 0 Å². The molecule has 0 fully saturated rings. The molecule has 0 aliphatic heterocycles. The molecule has 18 heavy (non-hydrogen) atoms. The summed E-state index contributed by atoms with van der Waals surface area (Å²) in [7, 11) is 1.75. The van der Waals surface area contributed by atoms with E-state index >= 15 is 0 Å². The van der Waals surface area contributed by atoms with Gasteiger partial charge in [0.25, 0.3) is 11.8 Å². The molecule has 6 nitrogen and oxygen atoms in total. The van der Waals surface area contributed by atoms with Gasteiger partial charge in [-0.3, -0.25) is 25.1 Å². The number of amides is 2. The van der Waals surface area contributed by atoms with Crippen LogP contribution in [0.2, 0.25) is 0 Å². The predicted molar refractivity (Wildman–Crippen MR) is 67.2 cm³/mol. The summed E-state index contributed by atoms with van der Waals surface area (Å²) in [5, 5.41) is 5.75. The van der Waals surface area contributed by atoms with Crippen LogP contribution in [-0.2, 0) is 7.05 Å². The first-order valence-corrected chi connectivity index (χ1v) is 6.10. The summed E-state index contributed by atoms with van der Waals surface area (Å²) in [5.74, 6) is -0.717. The molecule has 2 amide bonds. The van der Waals surface area contributed by atoms with Gasteiger partial charge < -0.3 is 0 Å². The van der Waals surface area contributed by atoms with E-state index in [1.807, 2.05) is 0 Å². The number of carbonyl (C=O) groups is 2. The average molecular weight is 264 g/mol. The Bertz CT molecular complexity index is 574. The van der Waals surface area contributed by atoms with Crippen LogP contribution in [0, 0.1) is 6.92 Å². The Balaban J connectivity index is 1.97. The van der Waals surface area contributed by atoms with Gasteiger partial charge in [-0.1, -0.05) is 6.07 Å². The summed E-state index contributed by atoms with van der Waals surface area (Å²) in [5.41, 5.74) is 5.88. The minimum atomic E-state index is -0.384. The Hall–Kier alpha value is -2.15. The fraction of sp³-hybridized carbons (Fsp3) is 0.182. The highest BCUT2D eigenvalue weighted by molar-refractivity contribution is 7.12. The zero-order valence-corrected chi connectivity index (χ0v) is 10.7. The van der Waals surface area contributed by atoms with Gasteiger partial charge in [-0.15, -0.1) is 11.3 Å². The summed E-state index contributed by atoms with van der Waals surface area (Å²) in [6, 6.07) is 3.45. The quantitative estimate of drug-likeness (QED) is 0.790. The fourth-order valence-electron chi connectivity index (χ4n) is 1.37. The Morgan fingerprint density at radius 2 is 2.06 bits per heavy atom. The second-order valence-corrected chi connectivity index (χ2v) is 4.60. The molecular weight excluding hydrogens is 252 g/mol. The zero-order chi connectivity index (χ0) is 13.1. The lowest BCUT2D eigenvalue weighted by molar-refractivity contribution is 0.0848. The summed E-state index contributed by atoms with van der Waals surface area (Å²) in [6.07, 6.45) is 1.46. The van der Waals surface area contributed by atoms with Crippen molar-refractivity contribution in [1.82, 2.24) is 20.6 Å². The molecule has 0 bridgehead atoms. The van der Waals surface area contributed by atoms with Crippen LogP contribution in [0.15, 0.2) is 23.7 Å². The van der Waals surface area contributed by atoms with Crippen molar-refractivity contribution in [3.63, 3.8) is 0 Å². The molecule has 2 heterocycles. The topological polar surface area (TPSA) is 76.0 Å². The third-order valence-electron chi connectivity index (χ3n) is 2.51. The normalized spacial score (nSPS) is 10.1. The first kappa shape index (κ1) is 12.3. The van der Waals surface area contributed by atoms with E-state index in [1.54, 1.807) is 36.2 Å². The molecule has 2 N–H and O–H groups in total. The number of nitrogens with zero attached hydrogens (tertiary/aromatic N) is 2. The maximum absolute atomic E-state index is 11.8. The van der Waals surface area contributed by atoms with Crippen molar-refractivity contribution in [2.24, 2.45) is 7.05 Å². The lowest BCUT2D eigenvalue weighted by Crippen LogP contribution is -2.41. The minimum absolute atomic E-state index is 0.333. The molecule has 7 heteroatoms. The van der Waals surface area contributed by atoms with Crippen molar-refractivity contribution < 1.29 is 9.59 Å². The minimum Gasteiger partial charge on any atom is -0.272 e. The van der Waals surface area contributed by atoms with Crippen LogP contribution in [0.5, 0.6) is 0 Å². The second-order valence-electron chi connectivity index (χ2n) is 3.65. The fourth-order valence-corrected chi connectivity index (χ4v) is 1.99. The molecule has 94 valence electrons. The van der Waals surface area contributed by atoms with E-state index in [1.165, 1.54) is 17.5 Å². The van der Waals surface area contributed by atoms with Gasteiger partial charge in [0.05, 0.1) is 16.6 Å². The van der Waals surface area contributed by atoms with Crippen molar-refractivity contribution in [2.75, 3.05) is 0 Å². The van der Waals surface area contributed by atoms with Gasteiger partial charge in [-0.25, -0.2) is 0 Å². The third kappa shape index (κ3) is 2.40. The molecule has 0 saturated heterocycles. The standard InChI is InChI=1S/C11H12N4O2S/c1-7-8(6-12-15(7)2)10(16)13-14-11(17)9-4-3-5-18-9/h3-6H,1-2H3,(H,13,16)(H,14,17). The number of rotatable bonds is 2. The van der Waals surface area contributed by atoms with Crippen LogP contribution >= 0.6 is 11.3 Å². The van der Waals surface area contributed by atoms with Crippen LogP contribution in [0.1, 0.15) is 25.7 Å². The molecule has 0 unspecified atom stereocenters. The van der Waals surface area contributed by atoms with Gasteiger partial charge in [0.1, 0.15) is 0 Å². The van der Waals surface area contributed by atoms with Crippen molar-refractivity contribution in [1.29, 1.82) is 0 Å². The van der Waals surface area contributed by atoms with Crippen molar-refractivity contribution in [3.05, 3.63) is 39.8 Å². The van der Waals surface area contributed by atoms with E-state index in [0.717, 1.165) is 5.69 Å². The number of nitrogens with one attached hydrogen (secondary N) is 2. The van der Waals surface area contributed by atoms with Crippen molar-refractivity contribution >= 4 is 23.2 Å². The third-order valence-corrected chi connectivity index (χ3v) is 3.38.